The molecule has 0 atom stereocenters. The van der Waals surface area contributed by atoms with Crippen LogP contribution in [-0.4, -0.2) is 0 Å². The normalized spacial score (nSPS) is 11.3. The van der Waals surface area contributed by atoms with Gasteiger partial charge in [0.25, 0.3) is 0 Å². The van der Waals surface area contributed by atoms with Crippen molar-refractivity contribution in [2.45, 2.75) is 38.8 Å². The van der Waals surface area contributed by atoms with Crippen LogP contribution >= 0.6 is 0 Å². The first kappa shape index (κ1) is 23.6. The van der Waals surface area contributed by atoms with Crippen molar-refractivity contribution < 1.29 is 17.6 Å². The van der Waals surface area contributed by atoms with Gasteiger partial charge in [0, 0.05) is 10.9 Å². The first-order chi connectivity index (χ1) is 16.3. The highest BCUT2D eigenvalue weighted by molar-refractivity contribution is 5.85. The van der Waals surface area contributed by atoms with Crippen LogP contribution in [0.3, 0.4) is 0 Å². The highest BCUT2D eigenvalue weighted by Gasteiger charge is 2.29. The van der Waals surface area contributed by atoms with Crippen LogP contribution in [0.5, 0.6) is 0 Å². The fourth-order valence-corrected chi connectivity index (χ4v) is 3.93. The van der Waals surface area contributed by atoms with Crippen molar-refractivity contribution in [3.63, 3.8) is 0 Å². The molecule has 0 saturated carbocycles. The fraction of sp³-hybridized carbons (Fsp3) is 0.200. The molecule has 0 aliphatic heterocycles. The van der Waals surface area contributed by atoms with Gasteiger partial charge in [-0.1, -0.05) is 73.7 Å². The number of hydrogen-bond donors (Lipinski definition) is 0. The van der Waals surface area contributed by atoms with Gasteiger partial charge < -0.3 is 0 Å². The molecule has 0 nitrogen and oxygen atoms in total. The summed E-state index contributed by atoms with van der Waals surface area (Å²) in [5.41, 5.74) is 3.63. The summed E-state index contributed by atoms with van der Waals surface area (Å²) >= 11 is 0. The summed E-state index contributed by atoms with van der Waals surface area (Å²) in [6.45, 7) is 2.17. The Morgan fingerprint density at radius 1 is 0.676 bits per heavy atom. The molecule has 0 amide bonds. The predicted octanol–water partition coefficient (Wildman–Crippen LogP) is 8.14. The second kappa shape index (κ2) is 10.1. The smallest absolute Gasteiger partial charge is 0.205 e. The number of halogens is 4. The fourth-order valence-electron chi connectivity index (χ4n) is 3.93. The summed E-state index contributed by atoms with van der Waals surface area (Å²) in [7, 11) is 0. The van der Waals surface area contributed by atoms with Gasteiger partial charge in [-0.15, -0.1) is 0 Å². The summed E-state index contributed by atoms with van der Waals surface area (Å²) in [6, 6.07) is 22.4. The second-order valence-electron chi connectivity index (χ2n) is 8.37. The lowest BCUT2D eigenvalue weighted by atomic mass is 9.98. The Morgan fingerprint density at radius 3 is 1.94 bits per heavy atom. The zero-order valence-corrected chi connectivity index (χ0v) is 18.8. The summed E-state index contributed by atoms with van der Waals surface area (Å²) < 4.78 is 53.1. The van der Waals surface area contributed by atoms with Crippen molar-refractivity contribution in [1.29, 1.82) is 0 Å². The Morgan fingerprint density at radius 2 is 1.29 bits per heavy atom. The van der Waals surface area contributed by atoms with Crippen LogP contribution < -0.4 is 0 Å². The Labute approximate surface area is 197 Å². The van der Waals surface area contributed by atoms with Crippen LogP contribution in [0.15, 0.2) is 78.9 Å². The first-order valence-electron chi connectivity index (χ1n) is 11.3. The maximum atomic E-state index is 15.0. The minimum atomic E-state index is -4.39. The number of aryl methyl sites for hydroxylation is 3. The Balaban J connectivity index is 1.48. The lowest BCUT2D eigenvalue weighted by molar-refractivity contribution is -0.137. The molecule has 172 valence electrons. The Hall–Kier alpha value is -3.58. The van der Waals surface area contributed by atoms with Gasteiger partial charge in [-0.3, -0.25) is 0 Å². The number of alkyl halides is 3. The standard InChI is InChI=1S/C30H24F4/c1-2-3-21-4-6-22(7-5-21)8-9-24-13-19-28-26(20-24)16-15-25(29(28)31)14-10-23-11-17-27(18-12-23)30(32,33)34/h4-7,11-13,15-20H,2-3,8-9H2,1H3. The second-order valence-corrected chi connectivity index (χ2v) is 8.37. The summed E-state index contributed by atoms with van der Waals surface area (Å²) in [5.74, 6) is 5.08. The van der Waals surface area contributed by atoms with Gasteiger partial charge in [0.2, 0.25) is 0 Å². The SMILES string of the molecule is CCCc1ccc(CCc2ccc3c(F)c(C#Cc4ccc(C(F)(F)F)cc4)ccc3c2)cc1. The van der Waals surface area contributed by atoms with Gasteiger partial charge >= 0.3 is 6.18 Å². The molecule has 0 aliphatic rings. The number of fused-ring (bicyclic) bond motifs is 1. The zero-order valence-electron chi connectivity index (χ0n) is 18.8. The van der Waals surface area contributed by atoms with Crippen molar-refractivity contribution in [1.82, 2.24) is 0 Å². The van der Waals surface area contributed by atoms with Crippen LogP contribution in [0.4, 0.5) is 17.6 Å². The molecule has 0 saturated heterocycles. The predicted molar refractivity (Wildman–Crippen MR) is 129 cm³/mol. The Kier molecular flexibility index (Phi) is 7.03. The third-order valence-electron chi connectivity index (χ3n) is 5.84. The minimum absolute atomic E-state index is 0.215. The minimum Gasteiger partial charge on any atom is -0.205 e. The van der Waals surface area contributed by atoms with E-state index < -0.39 is 17.6 Å². The zero-order chi connectivity index (χ0) is 24.1. The van der Waals surface area contributed by atoms with Gasteiger partial charge in [-0.05, 0) is 71.7 Å². The molecule has 0 heterocycles. The largest absolute Gasteiger partial charge is 0.416 e. The monoisotopic (exact) mass is 460 g/mol. The van der Waals surface area contributed by atoms with Crippen molar-refractivity contribution in [3.8, 4) is 11.8 Å². The molecule has 0 aromatic heterocycles. The molecular weight excluding hydrogens is 436 g/mol. The van der Waals surface area contributed by atoms with E-state index in [-0.39, 0.29) is 5.56 Å². The molecule has 0 spiro atoms. The van der Waals surface area contributed by atoms with E-state index in [1.54, 1.807) is 12.1 Å². The molecule has 0 N–H and O–H groups in total. The van der Waals surface area contributed by atoms with Crippen LogP contribution in [0.1, 0.15) is 46.7 Å². The molecule has 4 rings (SSSR count). The lowest BCUT2D eigenvalue weighted by Crippen LogP contribution is -2.04. The van der Waals surface area contributed by atoms with Crippen molar-refractivity contribution in [3.05, 3.63) is 118 Å². The first-order valence-corrected chi connectivity index (χ1v) is 11.3. The van der Waals surface area contributed by atoms with E-state index in [0.29, 0.717) is 10.9 Å². The molecule has 4 aromatic carbocycles. The summed E-state index contributed by atoms with van der Waals surface area (Å²) in [6.07, 6.45) is -0.395. The average Bonchev–Trinajstić information content (AvgIpc) is 2.83. The van der Waals surface area contributed by atoms with Crippen LogP contribution in [0, 0.1) is 17.7 Å². The van der Waals surface area contributed by atoms with E-state index in [1.807, 2.05) is 18.2 Å². The van der Waals surface area contributed by atoms with Crippen LogP contribution in [0.25, 0.3) is 10.8 Å². The molecule has 34 heavy (non-hydrogen) atoms. The highest BCUT2D eigenvalue weighted by Crippen LogP contribution is 2.29. The molecule has 0 fully saturated rings. The maximum Gasteiger partial charge on any atom is 0.416 e. The van der Waals surface area contributed by atoms with E-state index in [4.69, 9.17) is 0 Å². The van der Waals surface area contributed by atoms with Gasteiger partial charge in [0.1, 0.15) is 5.82 Å². The number of benzene rings is 4. The molecule has 0 aliphatic carbocycles. The number of rotatable bonds is 5. The van der Waals surface area contributed by atoms with Gasteiger partial charge in [-0.25, -0.2) is 4.39 Å². The summed E-state index contributed by atoms with van der Waals surface area (Å²) in [4.78, 5) is 0. The van der Waals surface area contributed by atoms with Crippen molar-refractivity contribution in [2.24, 2.45) is 0 Å². The van der Waals surface area contributed by atoms with Crippen molar-refractivity contribution in [2.75, 3.05) is 0 Å². The van der Waals surface area contributed by atoms with E-state index in [9.17, 15) is 13.2 Å². The molecule has 4 aromatic rings. The van der Waals surface area contributed by atoms with Gasteiger partial charge in [0.15, 0.2) is 0 Å². The quantitative estimate of drug-likeness (QED) is 0.208. The van der Waals surface area contributed by atoms with E-state index >= 15 is 4.39 Å². The third-order valence-corrected chi connectivity index (χ3v) is 5.84. The van der Waals surface area contributed by atoms with Crippen LogP contribution in [-0.2, 0) is 25.4 Å². The average molecular weight is 461 g/mol. The Bertz CT molecular complexity index is 1340. The highest BCUT2D eigenvalue weighted by atomic mass is 19.4. The van der Waals surface area contributed by atoms with Gasteiger partial charge in [-0.2, -0.15) is 13.2 Å². The summed E-state index contributed by atoms with van der Waals surface area (Å²) in [5, 5.41) is 1.28. The van der Waals surface area contributed by atoms with E-state index in [1.165, 1.54) is 23.3 Å². The molecule has 0 bridgehead atoms. The maximum absolute atomic E-state index is 15.0. The molecule has 0 radical (unpaired) electrons. The lowest BCUT2D eigenvalue weighted by Gasteiger charge is -2.07. The van der Waals surface area contributed by atoms with E-state index in [0.717, 1.165) is 48.8 Å². The van der Waals surface area contributed by atoms with Gasteiger partial charge in [0.05, 0.1) is 11.1 Å². The van der Waals surface area contributed by atoms with Crippen LogP contribution in [0.2, 0.25) is 0 Å². The molecular formula is C30H24F4. The molecule has 0 unspecified atom stereocenters. The topological polar surface area (TPSA) is 0 Å². The third kappa shape index (κ3) is 5.66. The molecule has 4 heteroatoms. The van der Waals surface area contributed by atoms with Crippen molar-refractivity contribution >= 4 is 10.8 Å². The van der Waals surface area contributed by atoms with E-state index in [2.05, 4.69) is 43.0 Å². The number of hydrogen-bond acceptors (Lipinski definition) is 0.